The van der Waals surface area contributed by atoms with E-state index >= 15 is 0 Å². The van der Waals surface area contributed by atoms with Gasteiger partial charge in [-0.25, -0.2) is 4.79 Å². The van der Waals surface area contributed by atoms with Gasteiger partial charge in [-0.15, -0.1) is 0 Å². The van der Waals surface area contributed by atoms with Crippen LogP contribution < -0.4 is 5.73 Å². The van der Waals surface area contributed by atoms with Gasteiger partial charge >= 0.3 is 5.97 Å². The molecule has 0 amide bonds. The van der Waals surface area contributed by atoms with Gasteiger partial charge in [0.25, 0.3) is 0 Å². The van der Waals surface area contributed by atoms with Crippen LogP contribution in [-0.2, 0) is 4.79 Å². The van der Waals surface area contributed by atoms with Crippen LogP contribution in [0.3, 0.4) is 0 Å². The topological polar surface area (TPSA) is 63.3 Å². The van der Waals surface area contributed by atoms with Gasteiger partial charge in [-0.3, -0.25) is 0 Å². The average molecular weight is 212 g/mol. The molecule has 0 aromatic heterocycles. The van der Waals surface area contributed by atoms with E-state index in [1.807, 2.05) is 0 Å². The number of halogens is 1. The van der Waals surface area contributed by atoms with Gasteiger partial charge in [0, 0.05) is 11.8 Å². The van der Waals surface area contributed by atoms with Gasteiger partial charge in [-0.1, -0.05) is 17.7 Å². The van der Waals surface area contributed by atoms with Crippen molar-refractivity contribution in [2.24, 2.45) is 0 Å². The zero-order valence-electron chi connectivity index (χ0n) is 7.62. The van der Waals surface area contributed by atoms with Crippen LogP contribution in [0.1, 0.15) is 12.5 Å². The van der Waals surface area contributed by atoms with E-state index in [-0.39, 0.29) is 0 Å². The maximum absolute atomic E-state index is 10.4. The number of anilines is 1. The number of carboxylic acid groups (broad SMARTS) is 1. The molecule has 0 aliphatic heterocycles. The van der Waals surface area contributed by atoms with Gasteiger partial charge in [-0.05, 0) is 30.2 Å². The van der Waals surface area contributed by atoms with Crippen LogP contribution in [0.2, 0.25) is 5.02 Å². The van der Waals surface area contributed by atoms with Gasteiger partial charge in [0.05, 0.1) is 5.02 Å². The van der Waals surface area contributed by atoms with Crippen molar-refractivity contribution in [2.45, 2.75) is 6.92 Å². The van der Waals surface area contributed by atoms with Crippen molar-refractivity contribution in [2.75, 3.05) is 5.73 Å². The number of aliphatic carboxylic acids is 1. The van der Waals surface area contributed by atoms with Gasteiger partial charge in [-0.2, -0.15) is 0 Å². The summed E-state index contributed by atoms with van der Waals surface area (Å²) in [5, 5.41) is 9.00. The van der Waals surface area contributed by atoms with Crippen LogP contribution in [0, 0.1) is 0 Å². The van der Waals surface area contributed by atoms with Gasteiger partial charge in [0.2, 0.25) is 0 Å². The number of carbonyl (C=O) groups is 1. The molecule has 4 heteroatoms. The van der Waals surface area contributed by atoms with Crippen molar-refractivity contribution in [3.63, 3.8) is 0 Å². The number of benzene rings is 1. The lowest BCUT2D eigenvalue weighted by Gasteiger charge is -2.04. The Morgan fingerprint density at radius 3 is 2.71 bits per heavy atom. The molecule has 14 heavy (non-hydrogen) atoms. The predicted octanol–water partition coefficient (Wildman–Crippen LogP) is 2.41. The highest BCUT2D eigenvalue weighted by atomic mass is 35.5. The lowest BCUT2D eigenvalue weighted by molar-refractivity contribution is -0.131. The largest absolute Gasteiger partial charge is 0.478 e. The van der Waals surface area contributed by atoms with E-state index in [0.29, 0.717) is 21.8 Å². The quantitative estimate of drug-likeness (QED) is 0.583. The monoisotopic (exact) mass is 211 g/mol. The molecule has 0 fully saturated rings. The Balaban J connectivity index is 3.14. The molecule has 0 unspecified atom stereocenters. The summed E-state index contributed by atoms with van der Waals surface area (Å²) >= 11 is 5.89. The van der Waals surface area contributed by atoms with Crippen LogP contribution in [-0.4, -0.2) is 11.1 Å². The third-order valence-electron chi connectivity index (χ3n) is 1.76. The van der Waals surface area contributed by atoms with E-state index in [1.165, 1.54) is 0 Å². The van der Waals surface area contributed by atoms with Crippen molar-refractivity contribution in [1.29, 1.82) is 0 Å². The number of allylic oxidation sites excluding steroid dienone is 1. The van der Waals surface area contributed by atoms with Crippen molar-refractivity contribution in [3.05, 3.63) is 34.9 Å². The number of carboxylic acids is 1. The highest BCUT2D eigenvalue weighted by Crippen LogP contribution is 2.25. The summed E-state index contributed by atoms with van der Waals surface area (Å²) in [5.74, 6) is -0.990. The number of nitrogens with two attached hydrogens (primary N) is 1. The molecule has 0 aliphatic carbocycles. The molecule has 0 saturated carbocycles. The van der Waals surface area contributed by atoms with Crippen LogP contribution in [0.4, 0.5) is 5.69 Å². The first-order valence-corrected chi connectivity index (χ1v) is 4.35. The molecule has 0 aliphatic rings. The second-order valence-electron chi connectivity index (χ2n) is 2.90. The molecule has 0 bridgehead atoms. The second kappa shape index (κ2) is 4.15. The average Bonchev–Trinajstić information content (AvgIpc) is 2.01. The lowest BCUT2D eigenvalue weighted by atomic mass is 10.1. The molecule has 1 rings (SSSR count). The van der Waals surface area contributed by atoms with E-state index in [4.69, 9.17) is 22.4 Å². The van der Waals surface area contributed by atoms with E-state index in [0.717, 1.165) is 6.08 Å². The Kier molecular flexibility index (Phi) is 3.14. The van der Waals surface area contributed by atoms with Crippen LogP contribution >= 0.6 is 11.6 Å². The molecule has 0 atom stereocenters. The van der Waals surface area contributed by atoms with Crippen LogP contribution in [0.15, 0.2) is 24.3 Å². The van der Waals surface area contributed by atoms with E-state index in [9.17, 15) is 4.79 Å². The van der Waals surface area contributed by atoms with Crippen molar-refractivity contribution in [1.82, 2.24) is 0 Å². The SMILES string of the molecule is C/C(=C/C(=O)O)c1ccc(N)cc1Cl. The minimum Gasteiger partial charge on any atom is -0.478 e. The van der Waals surface area contributed by atoms with E-state index < -0.39 is 5.97 Å². The number of hydrogen-bond donors (Lipinski definition) is 2. The third-order valence-corrected chi connectivity index (χ3v) is 2.07. The van der Waals surface area contributed by atoms with Gasteiger partial charge in [0.1, 0.15) is 0 Å². The Hall–Kier alpha value is -1.48. The lowest BCUT2D eigenvalue weighted by Crippen LogP contribution is -1.92. The number of nitrogen functional groups attached to an aromatic ring is 1. The molecule has 1 aromatic carbocycles. The molecular weight excluding hydrogens is 202 g/mol. The smallest absolute Gasteiger partial charge is 0.328 e. The van der Waals surface area contributed by atoms with Crippen LogP contribution in [0.5, 0.6) is 0 Å². The summed E-state index contributed by atoms with van der Waals surface area (Å²) in [6, 6.07) is 4.98. The Morgan fingerprint density at radius 2 is 2.21 bits per heavy atom. The molecule has 74 valence electrons. The molecule has 3 nitrogen and oxygen atoms in total. The zero-order valence-corrected chi connectivity index (χ0v) is 8.38. The molecule has 0 saturated heterocycles. The first-order chi connectivity index (χ1) is 6.50. The maximum atomic E-state index is 10.4. The molecular formula is C10H10ClNO2. The highest BCUT2D eigenvalue weighted by molar-refractivity contribution is 6.32. The highest BCUT2D eigenvalue weighted by Gasteiger charge is 2.03. The maximum Gasteiger partial charge on any atom is 0.328 e. The van der Waals surface area contributed by atoms with Gasteiger partial charge in [0.15, 0.2) is 0 Å². The van der Waals surface area contributed by atoms with Crippen molar-refractivity contribution in [3.8, 4) is 0 Å². The fourth-order valence-corrected chi connectivity index (χ4v) is 1.45. The predicted molar refractivity (Wildman–Crippen MR) is 57.2 cm³/mol. The summed E-state index contributed by atoms with van der Waals surface area (Å²) in [5.41, 5.74) is 7.35. The molecule has 0 heterocycles. The van der Waals surface area contributed by atoms with E-state index in [2.05, 4.69) is 0 Å². The first-order valence-electron chi connectivity index (χ1n) is 3.97. The fourth-order valence-electron chi connectivity index (χ4n) is 1.11. The second-order valence-corrected chi connectivity index (χ2v) is 3.31. The van der Waals surface area contributed by atoms with Crippen molar-refractivity contribution < 1.29 is 9.90 Å². The zero-order chi connectivity index (χ0) is 10.7. The van der Waals surface area contributed by atoms with Gasteiger partial charge < -0.3 is 10.8 Å². The minimum atomic E-state index is -0.990. The Bertz CT molecular complexity index is 399. The molecule has 1 aromatic rings. The minimum absolute atomic E-state index is 0.458. The van der Waals surface area contributed by atoms with Crippen molar-refractivity contribution >= 4 is 28.8 Å². The molecule has 3 N–H and O–H groups in total. The standard InChI is InChI=1S/C10H10ClNO2/c1-6(4-10(13)14)8-3-2-7(12)5-9(8)11/h2-5H,12H2,1H3,(H,13,14)/b6-4-. The third kappa shape index (κ3) is 2.50. The number of rotatable bonds is 2. The normalized spacial score (nSPS) is 11.4. The Labute approximate surface area is 86.8 Å². The summed E-state index contributed by atoms with van der Waals surface area (Å²) < 4.78 is 0. The number of hydrogen-bond acceptors (Lipinski definition) is 2. The fraction of sp³-hybridized carbons (Fsp3) is 0.100. The van der Waals surface area contributed by atoms with E-state index in [1.54, 1.807) is 25.1 Å². The Morgan fingerprint density at radius 1 is 1.57 bits per heavy atom. The summed E-state index contributed by atoms with van der Waals surface area (Å²) in [7, 11) is 0. The summed E-state index contributed by atoms with van der Waals surface area (Å²) in [4.78, 5) is 10.4. The first kappa shape index (κ1) is 10.6. The van der Waals surface area contributed by atoms with Crippen LogP contribution in [0.25, 0.3) is 5.57 Å². The molecule has 0 spiro atoms. The summed E-state index contributed by atoms with van der Waals surface area (Å²) in [6.45, 7) is 1.69. The summed E-state index contributed by atoms with van der Waals surface area (Å²) in [6.07, 6.45) is 1.11. The molecule has 0 radical (unpaired) electrons.